The highest BCUT2D eigenvalue weighted by Crippen LogP contribution is 2.20. The second-order valence-corrected chi connectivity index (χ2v) is 6.77. The van der Waals surface area contributed by atoms with E-state index in [1.807, 2.05) is 27.7 Å². The van der Waals surface area contributed by atoms with Crippen LogP contribution in [-0.4, -0.2) is 45.8 Å². The van der Waals surface area contributed by atoms with Crippen molar-refractivity contribution >= 4 is 17.7 Å². The zero-order chi connectivity index (χ0) is 16.3. The van der Waals surface area contributed by atoms with Gasteiger partial charge in [-0.1, -0.05) is 11.6 Å². The first-order chi connectivity index (χ1) is 10.2. The monoisotopic (exact) mass is 327 g/mol. The molecule has 122 valence electrons. The first kappa shape index (κ1) is 16.8. The second-order valence-electron chi connectivity index (χ2n) is 6.41. The maximum atomic E-state index is 12.0. The van der Waals surface area contributed by atoms with Crippen LogP contribution in [0.5, 0.6) is 6.01 Å². The van der Waals surface area contributed by atoms with Crippen LogP contribution >= 0.6 is 11.6 Å². The number of likely N-dealkylation sites (tertiary alicyclic amines) is 1. The first-order valence-corrected chi connectivity index (χ1v) is 7.76. The van der Waals surface area contributed by atoms with Crippen LogP contribution in [0.3, 0.4) is 0 Å². The van der Waals surface area contributed by atoms with E-state index >= 15 is 0 Å². The smallest absolute Gasteiger partial charge is 0.410 e. The Labute approximate surface area is 135 Å². The Morgan fingerprint density at radius 3 is 2.55 bits per heavy atom. The highest BCUT2D eigenvalue weighted by Gasteiger charge is 2.28. The average Bonchev–Trinajstić information content (AvgIpc) is 2.42. The minimum absolute atomic E-state index is 0.0162. The van der Waals surface area contributed by atoms with Crippen LogP contribution in [-0.2, 0) is 4.74 Å². The molecule has 0 radical (unpaired) electrons. The number of carbonyl (C=O) groups is 1. The third-order valence-corrected chi connectivity index (χ3v) is 3.64. The van der Waals surface area contributed by atoms with Crippen LogP contribution < -0.4 is 4.74 Å². The fraction of sp³-hybridized carbons (Fsp3) is 0.667. The Bertz CT molecular complexity index is 537. The third-order valence-electron chi connectivity index (χ3n) is 3.25. The summed E-state index contributed by atoms with van der Waals surface area (Å²) >= 11 is 5.96. The van der Waals surface area contributed by atoms with Crippen LogP contribution in [0.2, 0.25) is 5.15 Å². The molecule has 6 nitrogen and oxygen atoms in total. The van der Waals surface area contributed by atoms with Crippen LogP contribution in [0.25, 0.3) is 0 Å². The molecule has 1 aliphatic rings. The Morgan fingerprint density at radius 2 is 2.00 bits per heavy atom. The summed E-state index contributed by atoms with van der Waals surface area (Å²) in [6.07, 6.45) is 2.78. The highest BCUT2D eigenvalue weighted by atomic mass is 35.5. The molecule has 22 heavy (non-hydrogen) atoms. The van der Waals surface area contributed by atoms with Gasteiger partial charge in [-0.25, -0.2) is 9.78 Å². The molecular formula is C15H22ClN3O3. The molecule has 2 heterocycles. The molecule has 0 atom stereocenters. The van der Waals surface area contributed by atoms with Gasteiger partial charge in [-0.15, -0.1) is 0 Å². The predicted molar refractivity (Wildman–Crippen MR) is 83.2 cm³/mol. The summed E-state index contributed by atoms with van der Waals surface area (Å²) in [6, 6.07) is 0.284. The SMILES string of the molecule is Cc1cnc(OC2CCN(C(=O)OC(C)(C)C)CC2)nc1Cl. The molecule has 1 fully saturated rings. The van der Waals surface area contributed by atoms with Crippen molar-refractivity contribution in [3.05, 3.63) is 16.9 Å². The summed E-state index contributed by atoms with van der Waals surface area (Å²) < 4.78 is 11.1. The van der Waals surface area contributed by atoms with Gasteiger partial charge in [-0.3, -0.25) is 0 Å². The molecule has 0 aliphatic carbocycles. The lowest BCUT2D eigenvalue weighted by Gasteiger charge is -2.33. The zero-order valence-corrected chi connectivity index (χ0v) is 14.2. The van der Waals surface area contributed by atoms with E-state index in [0.29, 0.717) is 31.1 Å². The lowest BCUT2D eigenvalue weighted by Crippen LogP contribution is -2.44. The molecule has 0 bridgehead atoms. The van der Waals surface area contributed by atoms with E-state index < -0.39 is 5.60 Å². The molecule has 0 saturated carbocycles. The number of hydrogen-bond donors (Lipinski definition) is 0. The molecule has 0 spiro atoms. The summed E-state index contributed by atoms with van der Waals surface area (Å²) in [7, 11) is 0. The molecule has 0 aromatic carbocycles. The minimum atomic E-state index is -0.475. The molecule has 0 N–H and O–H groups in total. The molecule has 2 rings (SSSR count). The first-order valence-electron chi connectivity index (χ1n) is 7.38. The molecule has 1 amide bonds. The van der Waals surface area contributed by atoms with Gasteiger partial charge >= 0.3 is 12.1 Å². The maximum absolute atomic E-state index is 12.0. The Kier molecular flexibility index (Phi) is 5.11. The van der Waals surface area contributed by atoms with Crippen LogP contribution in [0.15, 0.2) is 6.20 Å². The van der Waals surface area contributed by atoms with Gasteiger partial charge in [0, 0.05) is 37.7 Å². The molecule has 1 aromatic rings. The molecule has 0 unspecified atom stereocenters. The summed E-state index contributed by atoms with van der Waals surface area (Å²) in [5.74, 6) is 0. The number of aromatic nitrogens is 2. The van der Waals surface area contributed by atoms with Gasteiger partial charge in [0.1, 0.15) is 16.9 Å². The zero-order valence-electron chi connectivity index (χ0n) is 13.4. The fourth-order valence-electron chi connectivity index (χ4n) is 2.09. The van der Waals surface area contributed by atoms with Gasteiger partial charge in [0.15, 0.2) is 0 Å². The summed E-state index contributed by atoms with van der Waals surface area (Å²) in [4.78, 5) is 21.9. The number of hydrogen-bond acceptors (Lipinski definition) is 5. The highest BCUT2D eigenvalue weighted by molar-refractivity contribution is 6.30. The van der Waals surface area contributed by atoms with Gasteiger partial charge in [-0.05, 0) is 27.7 Å². The Morgan fingerprint density at radius 1 is 1.36 bits per heavy atom. The molecule has 7 heteroatoms. The Hall–Kier alpha value is -1.56. The molecule has 1 aromatic heterocycles. The molecule has 1 saturated heterocycles. The fourth-order valence-corrected chi connectivity index (χ4v) is 2.22. The number of halogens is 1. The van der Waals surface area contributed by atoms with Crippen molar-refractivity contribution < 1.29 is 14.3 Å². The van der Waals surface area contributed by atoms with Gasteiger partial charge in [-0.2, -0.15) is 4.98 Å². The minimum Gasteiger partial charge on any atom is -0.460 e. The summed E-state index contributed by atoms with van der Waals surface area (Å²) in [6.45, 7) is 8.61. The van der Waals surface area contributed by atoms with Crippen molar-refractivity contribution in [2.45, 2.75) is 52.2 Å². The van der Waals surface area contributed by atoms with E-state index in [0.717, 1.165) is 5.56 Å². The summed E-state index contributed by atoms with van der Waals surface area (Å²) in [5.41, 5.74) is 0.338. The van der Waals surface area contributed by atoms with E-state index in [-0.39, 0.29) is 18.2 Å². The number of amides is 1. The van der Waals surface area contributed by atoms with Crippen LogP contribution in [0, 0.1) is 6.92 Å². The summed E-state index contributed by atoms with van der Waals surface area (Å²) in [5, 5.41) is 0.399. The van der Waals surface area contributed by atoms with Gasteiger partial charge in [0.05, 0.1) is 0 Å². The average molecular weight is 328 g/mol. The van der Waals surface area contributed by atoms with E-state index in [1.165, 1.54) is 0 Å². The lowest BCUT2D eigenvalue weighted by atomic mass is 10.1. The standard InChI is InChI=1S/C15H22ClN3O3/c1-10-9-17-13(18-12(10)16)21-11-5-7-19(8-6-11)14(20)22-15(2,3)4/h9,11H,5-8H2,1-4H3. The number of aryl methyl sites for hydroxylation is 1. The number of rotatable bonds is 2. The maximum Gasteiger partial charge on any atom is 0.410 e. The van der Waals surface area contributed by atoms with Crippen LogP contribution in [0.4, 0.5) is 4.79 Å². The van der Waals surface area contributed by atoms with Gasteiger partial charge < -0.3 is 14.4 Å². The van der Waals surface area contributed by atoms with E-state index in [1.54, 1.807) is 11.1 Å². The number of ether oxygens (including phenoxy) is 2. The number of carbonyl (C=O) groups excluding carboxylic acids is 1. The van der Waals surface area contributed by atoms with Crippen molar-refractivity contribution in [2.24, 2.45) is 0 Å². The molecular weight excluding hydrogens is 306 g/mol. The lowest BCUT2D eigenvalue weighted by molar-refractivity contribution is 0.0119. The molecule has 1 aliphatic heterocycles. The van der Waals surface area contributed by atoms with Gasteiger partial charge in [0.25, 0.3) is 0 Å². The van der Waals surface area contributed by atoms with Crippen LogP contribution in [0.1, 0.15) is 39.2 Å². The van der Waals surface area contributed by atoms with Crippen molar-refractivity contribution in [1.29, 1.82) is 0 Å². The van der Waals surface area contributed by atoms with E-state index in [9.17, 15) is 4.79 Å². The Balaban J connectivity index is 1.84. The van der Waals surface area contributed by atoms with Crippen molar-refractivity contribution in [3.8, 4) is 6.01 Å². The van der Waals surface area contributed by atoms with E-state index in [4.69, 9.17) is 21.1 Å². The van der Waals surface area contributed by atoms with Crippen molar-refractivity contribution in [3.63, 3.8) is 0 Å². The topological polar surface area (TPSA) is 64.5 Å². The normalized spacial score (nSPS) is 16.5. The van der Waals surface area contributed by atoms with Crippen molar-refractivity contribution in [1.82, 2.24) is 14.9 Å². The van der Waals surface area contributed by atoms with Crippen molar-refractivity contribution in [2.75, 3.05) is 13.1 Å². The quantitative estimate of drug-likeness (QED) is 0.780. The van der Waals surface area contributed by atoms with Gasteiger partial charge in [0.2, 0.25) is 0 Å². The third kappa shape index (κ3) is 4.73. The second kappa shape index (κ2) is 6.69. The number of nitrogens with zero attached hydrogens (tertiary/aromatic N) is 3. The number of piperidine rings is 1. The van der Waals surface area contributed by atoms with E-state index in [2.05, 4.69) is 9.97 Å². The largest absolute Gasteiger partial charge is 0.460 e. The predicted octanol–water partition coefficient (Wildman–Crippen LogP) is 3.22.